The standard InChI is InChI=1S/C18H21NO2/c1-14(13-20)12-19-18(21)17-10-6-5-9-16(17)11-15-7-3-2-4-8-15/h2-10,14,20H,11-13H2,1H3,(H,19,21). The van der Waals surface area contributed by atoms with Gasteiger partial charge in [-0.15, -0.1) is 0 Å². The predicted octanol–water partition coefficient (Wildman–Crippen LogP) is 2.64. The summed E-state index contributed by atoms with van der Waals surface area (Å²) >= 11 is 0. The molecule has 0 aliphatic heterocycles. The zero-order chi connectivity index (χ0) is 15.1. The quantitative estimate of drug-likeness (QED) is 0.856. The molecule has 110 valence electrons. The number of rotatable bonds is 6. The summed E-state index contributed by atoms with van der Waals surface area (Å²) in [4.78, 5) is 12.3. The molecule has 21 heavy (non-hydrogen) atoms. The minimum absolute atomic E-state index is 0.0650. The van der Waals surface area contributed by atoms with E-state index in [2.05, 4.69) is 17.4 Å². The van der Waals surface area contributed by atoms with E-state index in [1.54, 1.807) is 0 Å². The molecule has 0 aliphatic rings. The van der Waals surface area contributed by atoms with Crippen molar-refractivity contribution < 1.29 is 9.90 Å². The van der Waals surface area contributed by atoms with E-state index in [-0.39, 0.29) is 18.4 Å². The van der Waals surface area contributed by atoms with Crippen LogP contribution in [0.2, 0.25) is 0 Å². The molecule has 3 nitrogen and oxygen atoms in total. The molecule has 0 spiro atoms. The maximum absolute atomic E-state index is 12.3. The topological polar surface area (TPSA) is 49.3 Å². The van der Waals surface area contributed by atoms with Gasteiger partial charge in [0.2, 0.25) is 0 Å². The van der Waals surface area contributed by atoms with Crippen molar-refractivity contribution in [1.29, 1.82) is 0 Å². The van der Waals surface area contributed by atoms with Crippen molar-refractivity contribution in [3.8, 4) is 0 Å². The van der Waals surface area contributed by atoms with E-state index in [9.17, 15) is 4.79 Å². The first-order chi connectivity index (χ1) is 10.2. The summed E-state index contributed by atoms with van der Waals surface area (Å²) in [5, 5.41) is 11.9. The summed E-state index contributed by atoms with van der Waals surface area (Å²) in [6, 6.07) is 17.8. The van der Waals surface area contributed by atoms with Gasteiger partial charge in [0.15, 0.2) is 0 Å². The van der Waals surface area contributed by atoms with Crippen molar-refractivity contribution in [3.63, 3.8) is 0 Å². The Morgan fingerprint density at radius 1 is 1.10 bits per heavy atom. The molecule has 0 fully saturated rings. The molecule has 2 rings (SSSR count). The van der Waals surface area contributed by atoms with Gasteiger partial charge in [-0.3, -0.25) is 4.79 Å². The molecule has 1 atom stereocenters. The molecular weight excluding hydrogens is 262 g/mol. The lowest BCUT2D eigenvalue weighted by Gasteiger charge is -2.12. The number of carbonyl (C=O) groups excluding carboxylic acids is 1. The number of nitrogens with one attached hydrogen (secondary N) is 1. The van der Waals surface area contributed by atoms with Crippen LogP contribution < -0.4 is 5.32 Å². The van der Waals surface area contributed by atoms with Gasteiger partial charge < -0.3 is 10.4 Å². The molecule has 0 saturated heterocycles. The number of amides is 1. The molecule has 0 bridgehead atoms. The number of benzene rings is 2. The maximum atomic E-state index is 12.3. The Balaban J connectivity index is 2.11. The predicted molar refractivity (Wildman–Crippen MR) is 84.3 cm³/mol. The Bertz CT molecular complexity index is 581. The van der Waals surface area contributed by atoms with E-state index in [0.29, 0.717) is 12.1 Å². The summed E-state index contributed by atoms with van der Waals surface area (Å²) in [7, 11) is 0. The molecule has 1 unspecified atom stereocenters. The minimum atomic E-state index is -0.0816. The van der Waals surface area contributed by atoms with Crippen LogP contribution in [0.25, 0.3) is 0 Å². The third-order valence-corrected chi connectivity index (χ3v) is 3.42. The van der Waals surface area contributed by atoms with Crippen LogP contribution in [0.3, 0.4) is 0 Å². The molecule has 0 aliphatic carbocycles. The number of hydrogen-bond acceptors (Lipinski definition) is 2. The Kier molecular flexibility index (Phi) is 5.52. The number of carbonyl (C=O) groups is 1. The van der Waals surface area contributed by atoms with Crippen LogP contribution in [0.5, 0.6) is 0 Å². The Morgan fingerprint density at radius 3 is 2.48 bits per heavy atom. The Hall–Kier alpha value is -2.13. The molecule has 2 N–H and O–H groups in total. The van der Waals surface area contributed by atoms with Crippen LogP contribution in [-0.4, -0.2) is 24.2 Å². The molecule has 1 amide bonds. The number of aliphatic hydroxyl groups excluding tert-OH is 1. The molecule has 2 aromatic rings. The summed E-state index contributed by atoms with van der Waals surface area (Å²) < 4.78 is 0. The average molecular weight is 283 g/mol. The summed E-state index contributed by atoms with van der Waals surface area (Å²) in [5.41, 5.74) is 2.89. The van der Waals surface area contributed by atoms with E-state index in [1.807, 2.05) is 49.4 Å². The van der Waals surface area contributed by atoms with Gasteiger partial charge >= 0.3 is 0 Å². The SMILES string of the molecule is CC(CO)CNC(=O)c1ccccc1Cc1ccccc1. The molecule has 2 aromatic carbocycles. The summed E-state index contributed by atoms with van der Waals surface area (Å²) in [6.45, 7) is 2.46. The van der Waals surface area contributed by atoms with Crippen LogP contribution in [-0.2, 0) is 6.42 Å². The lowest BCUT2D eigenvalue weighted by Crippen LogP contribution is -2.30. The van der Waals surface area contributed by atoms with Crippen molar-refractivity contribution in [3.05, 3.63) is 71.3 Å². The van der Waals surface area contributed by atoms with Gasteiger partial charge in [0.25, 0.3) is 5.91 Å². The van der Waals surface area contributed by atoms with Crippen LogP contribution in [0.4, 0.5) is 0 Å². The van der Waals surface area contributed by atoms with Crippen LogP contribution in [0.15, 0.2) is 54.6 Å². The van der Waals surface area contributed by atoms with E-state index in [4.69, 9.17) is 5.11 Å². The van der Waals surface area contributed by atoms with Crippen molar-refractivity contribution in [2.24, 2.45) is 5.92 Å². The second-order valence-corrected chi connectivity index (χ2v) is 5.32. The highest BCUT2D eigenvalue weighted by Crippen LogP contribution is 2.14. The smallest absolute Gasteiger partial charge is 0.251 e. The van der Waals surface area contributed by atoms with E-state index in [0.717, 1.165) is 12.0 Å². The molecule has 0 radical (unpaired) electrons. The van der Waals surface area contributed by atoms with Gasteiger partial charge in [0.1, 0.15) is 0 Å². The molecule has 0 aromatic heterocycles. The minimum Gasteiger partial charge on any atom is -0.396 e. The average Bonchev–Trinajstić information content (AvgIpc) is 2.53. The van der Waals surface area contributed by atoms with E-state index in [1.165, 1.54) is 5.56 Å². The zero-order valence-corrected chi connectivity index (χ0v) is 12.3. The largest absolute Gasteiger partial charge is 0.396 e. The fourth-order valence-electron chi connectivity index (χ4n) is 2.14. The first-order valence-corrected chi connectivity index (χ1v) is 7.21. The van der Waals surface area contributed by atoms with Gasteiger partial charge in [0, 0.05) is 18.7 Å². The Morgan fingerprint density at radius 2 is 1.76 bits per heavy atom. The number of hydrogen-bond donors (Lipinski definition) is 2. The fraction of sp³-hybridized carbons (Fsp3) is 0.278. The van der Waals surface area contributed by atoms with E-state index >= 15 is 0 Å². The van der Waals surface area contributed by atoms with Gasteiger partial charge in [-0.2, -0.15) is 0 Å². The third kappa shape index (κ3) is 4.43. The van der Waals surface area contributed by atoms with Gasteiger partial charge in [-0.25, -0.2) is 0 Å². The van der Waals surface area contributed by atoms with Gasteiger partial charge in [-0.1, -0.05) is 55.5 Å². The summed E-state index contributed by atoms with van der Waals surface area (Å²) in [5.74, 6) is -0.0166. The Labute approximate surface area is 125 Å². The maximum Gasteiger partial charge on any atom is 0.251 e. The third-order valence-electron chi connectivity index (χ3n) is 3.42. The summed E-state index contributed by atoms with van der Waals surface area (Å²) in [6.07, 6.45) is 0.736. The number of aliphatic hydroxyl groups is 1. The molecular formula is C18H21NO2. The highest BCUT2D eigenvalue weighted by Gasteiger charge is 2.11. The van der Waals surface area contributed by atoms with E-state index < -0.39 is 0 Å². The normalized spacial score (nSPS) is 11.9. The van der Waals surface area contributed by atoms with Crippen LogP contribution in [0.1, 0.15) is 28.4 Å². The van der Waals surface area contributed by atoms with Gasteiger partial charge in [-0.05, 0) is 29.5 Å². The lowest BCUT2D eigenvalue weighted by atomic mass is 9.99. The highest BCUT2D eigenvalue weighted by molar-refractivity contribution is 5.95. The fourth-order valence-corrected chi connectivity index (χ4v) is 2.14. The first-order valence-electron chi connectivity index (χ1n) is 7.21. The van der Waals surface area contributed by atoms with Crippen molar-refractivity contribution in [1.82, 2.24) is 5.32 Å². The van der Waals surface area contributed by atoms with Crippen molar-refractivity contribution >= 4 is 5.91 Å². The van der Waals surface area contributed by atoms with Crippen LogP contribution >= 0.6 is 0 Å². The van der Waals surface area contributed by atoms with Gasteiger partial charge in [0.05, 0.1) is 0 Å². The van der Waals surface area contributed by atoms with Crippen molar-refractivity contribution in [2.45, 2.75) is 13.3 Å². The second-order valence-electron chi connectivity index (χ2n) is 5.32. The lowest BCUT2D eigenvalue weighted by molar-refractivity contribution is 0.0941. The second kappa shape index (κ2) is 7.60. The van der Waals surface area contributed by atoms with Crippen molar-refractivity contribution in [2.75, 3.05) is 13.2 Å². The first kappa shape index (κ1) is 15.3. The van der Waals surface area contributed by atoms with Crippen LogP contribution in [0, 0.1) is 5.92 Å². The molecule has 3 heteroatoms. The zero-order valence-electron chi connectivity index (χ0n) is 12.3. The molecule has 0 heterocycles. The molecule has 0 saturated carbocycles. The highest BCUT2D eigenvalue weighted by atomic mass is 16.3. The monoisotopic (exact) mass is 283 g/mol.